The van der Waals surface area contributed by atoms with Crippen molar-refractivity contribution < 1.29 is 19.1 Å². The van der Waals surface area contributed by atoms with Crippen molar-refractivity contribution in [2.45, 2.75) is 6.61 Å². The molecule has 3 aromatic carbocycles. The summed E-state index contributed by atoms with van der Waals surface area (Å²) in [6.45, 7) is 0.220. The topological polar surface area (TPSA) is 67.9 Å². The van der Waals surface area contributed by atoms with E-state index in [-0.39, 0.29) is 33.0 Å². The van der Waals surface area contributed by atoms with Crippen molar-refractivity contribution in [2.24, 2.45) is 0 Å². The summed E-state index contributed by atoms with van der Waals surface area (Å²) >= 11 is 31.8. The number of anilines is 1. The van der Waals surface area contributed by atoms with Gasteiger partial charge in [0, 0.05) is 0 Å². The van der Waals surface area contributed by atoms with Crippen LogP contribution in [0.3, 0.4) is 0 Å². The van der Waals surface area contributed by atoms with Crippen LogP contribution >= 0.6 is 81.2 Å². The van der Waals surface area contributed by atoms with Gasteiger partial charge < -0.3 is 9.47 Å². The van der Waals surface area contributed by atoms with Crippen molar-refractivity contribution in [2.75, 3.05) is 12.0 Å². The zero-order valence-corrected chi connectivity index (χ0v) is 24.8. The minimum Gasteiger partial charge on any atom is -0.493 e. The lowest BCUT2D eigenvalue weighted by Crippen LogP contribution is -2.54. The molecule has 190 valence electrons. The number of halogens is 5. The molecule has 12 heteroatoms. The van der Waals surface area contributed by atoms with Crippen molar-refractivity contribution in [3.05, 3.63) is 88.9 Å². The molecule has 37 heavy (non-hydrogen) atoms. The van der Waals surface area contributed by atoms with Gasteiger partial charge in [-0.3, -0.25) is 19.8 Å². The number of nitrogens with zero attached hydrogens (tertiary/aromatic N) is 1. The number of ether oxygens (including phenoxy) is 2. The number of methoxy groups -OCH3 is 1. The van der Waals surface area contributed by atoms with E-state index in [2.05, 4.69) is 27.9 Å². The van der Waals surface area contributed by atoms with E-state index in [0.29, 0.717) is 30.7 Å². The molecule has 1 heterocycles. The molecule has 0 unspecified atom stereocenters. The number of carbonyl (C=O) groups excluding carboxylic acids is 2. The fourth-order valence-electron chi connectivity index (χ4n) is 3.46. The predicted molar refractivity (Wildman–Crippen MR) is 159 cm³/mol. The summed E-state index contributed by atoms with van der Waals surface area (Å²) in [5, 5.41) is 3.68. The Balaban J connectivity index is 1.65. The molecule has 0 aromatic heterocycles. The molecular formula is C25H15Cl4IN2O4S. The van der Waals surface area contributed by atoms with Gasteiger partial charge in [-0.1, -0.05) is 58.5 Å². The lowest BCUT2D eigenvalue weighted by molar-refractivity contribution is -0.122. The van der Waals surface area contributed by atoms with E-state index in [1.165, 1.54) is 13.2 Å². The highest BCUT2D eigenvalue weighted by molar-refractivity contribution is 14.1. The van der Waals surface area contributed by atoms with Crippen LogP contribution in [0.5, 0.6) is 11.5 Å². The van der Waals surface area contributed by atoms with E-state index in [1.807, 2.05) is 6.07 Å². The lowest BCUT2D eigenvalue weighted by Gasteiger charge is -2.29. The number of benzene rings is 3. The maximum absolute atomic E-state index is 13.4. The SMILES string of the molecule is COc1cc(/C=C2\C(=O)NC(=S)N(c3cccc(Cl)c3Cl)C2=O)cc(I)c1OCc1ccc(Cl)c(Cl)c1. The van der Waals surface area contributed by atoms with Gasteiger partial charge in [0.05, 0.1) is 36.5 Å². The maximum atomic E-state index is 13.4. The lowest BCUT2D eigenvalue weighted by atomic mass is 10.1. The second-order valence-corrected chi connectivity index (χ2v) is 10.8. The Morgan fingerprint density at radius 3 is 2.49 bits per heavy atom. The highest BCUT2D eigenvalue weighted by Gasteiger charge is 2.35. The fraction of sp³-hybridized carbons (Fsp3) is 0.0800. The molecule has 0 spiro atoms. The number of carbonyl (C=O) groups is 2. The zero-order valence-electron chi connectivity index (χ0n) is 18.8. The summed E-state index contributed by atoms with van der Waals surface area (Å²) < 4.78 is 12.2. The summed E-state index contributed by atoms with van der Waals surface area (Å²) in [4.78, 5) is 27.2. The van der Waals surface area contributed by atoms with Gasteiger partial charge >= 0.3 is 0 Å². The minimum atomic E-state index is -0.646. The van der Waals surface area contributed by atoms with Crippen molar-refractivity contribution in [1.82, 2.24) is 5.32 Å². The first-order chi connectivity index (χ1) is 17.6. The van der Waals surface area contributed by atoms with Crippen LogP contribution in [0.4, 0.5) is 5.69 Å². The third-order valence-electron chi connectivity index (χ3n) is 5.20. The first-order valence-corrected chi connectivity index (χ1v) is 13.4. The van der Waals surface area contributed by atoms with Gasteiger partial charge in [0.2, 0.25) is 0 Å². The number of nitrogens with one attached hydrogen (secondary N) is 1. The van der Waals surface area contributed by atoms with Gasteiger partial charge in [0.1, 0.15) is 12.2 Å². The number of amides is 2. The monoisotopic (exact) mass is 706 g/mol. The molecule has 1 aliphatic rings. The standard InChI is InChI=1S/C25H15Cl4IN2O4S/c1-35-20-10-13(9-18(30)22(20)36-11-12-5-6-15(26)17(28)8-12)7-14-23(33)31-25(37)32(24(14)34)19-4-2-3-16(27)21(19)29/h2-10H,11H2,1H3,(H,31,33,37)/b14-7+. The van der Waals surface area contributed by atoms with E-state index in [4.69, 9.17) is 68.1 Å². The highest BCUT2D eigenvalue weighted by Crippen LogP contribution is 2.37. The van der Waals surface area contributed by atoms with E-state index in [1.54, 1.807) is 42.5 Å². The van der Waals surface area contributed by atoms with Gasteiger partial charge in [-0.25, -0.2) is 0 Å². The van der Waals surface area contributed by atoms with Crippen LogP contribution < -0.4 is 19.7 Å². The molecule has 0 bridgehead atoms. The molecule has 1 aliphatic heterocycles. The van der Waals surface area contributed by atoms with Crippen LogP contribution in [0, 0.1) is 3.57 Å². The first kappa shape index (κ1) is 27.9. The number of rotatable bonds is 6. The number of hydrogen-bond acceptors (Lipinski definition) is 5. The van der Waals surface area contributed by atoms with Crippen LogP contribution in [0.15, 0.2) is 54.1 Å². The third-order valence-corrected chi connectivity index (χ3v) is 7.84. The van der Waals surface area contributed by atoms with Gasteiger partial charge in [-0.05, 0) is 88.4 Å². The summed E-state index contributed by atoms with van der Waals surface area (Å²) in [6, 6.07) is 13.4. The molecule has 1 fully saturated rings. The Labute approximate surface area is 251 Å². The van der Waals surface area contributed by atoms with Crippen molar-refractivity contribution in [3.8, 4) is 11.5 Å². The molecule has 2 amide bonds. The Morgan fingerprint density at radius 1 is 1.03 bits per heavy atom. The Hall–Kier alpha value is -2.08. The summed E-state index contributed by atoms with van der Waals surface area (Å²) in [5.41, 5.74) is 1.46. The van der Waals surface area contributed by atoms with Crippen LogP contribution in [-0.4, -0.2) is 24.0 Å². The van der Waals surface area contributed by atoms with Crippen molar-refractivity contribution in [3.63, 3.8) is 0 Å². The summed E-state index contributed by atoms with van der Waals surface area (Å²) in [6.07, 6.45) is 1.44. The minimum absolute atomic E-state index is 0.102. The van der Waals surface area contributed by atoms with Gasteiger partial charge in [-0.15, -0.1) is 0 Å². The van der Waals surface area contributed by atoms with E-state index >= 15 is 0 Å². The average molecular weight is 708 g/mol. The largest absolute Gasteiger partial charge is 0.493 e. The fourth-order valence-corrected chi connectivity index (χ4v) is 5.21. The Kier molecular flexibility index (Phi) is 8.88. The molecule has 0 aliphatic carbocycles. The van der Waals surface area contributed by atoms with E-state index in [0.717, 1.165) is 10.5 Å². The quantitative estimate of drug-likeness (QED) is 0.126. The normalized spacial score (nSPS) is 14.7. The Morgan fingerprint density at radius 2 is 1.78 bits per heavy atom. The summed E-state index contributed by atoms with van der Waals surface area (Å²) in [7, 11) is 1.49. The summed E-state index contributed by atoms with van der Waals surface area (Å²) in [5.74, 6) is -0.387. The van der Waals surface area contributed by atoms with Crippen LogP contribution in [-0.2, 0) is 16.2 Å². The van der Waals surface area contributed by atoms with Crippen molar-refractivity contribution >= 4 is 110 Å². The zero-order chi connectivity index (χ0) is 26.9. The molecule has 0 radical (unpaired) electrons. The van der Waals surface area contributed by atoms with Crippen LogP contribution in [0.1, 0.15) is 11.1 Å². The average Bonchev–Trinajstić information content (AvgIpc) is 2.85. The van der Waals surface area contributed by atoms with Crippen LogP contribution in [0.2, 0.25) is 20.1 Å². The van der Waals surface area contributed by atoms with E-state index in [9.17, 15) is 9.59 Å². The van der Waals surface area contributed by atoms with Crippen molar-refractivity contribution in [1.29, 1.82) is 0 Å². The van der Waals surface area contributed by atoms with Crippen LogP contribution in [0.25, 0.3) is 6.08 Å². The molecule has 4 rings (SSSR count). The second kappa shape index (κ2) is 11.8. The van der Waals surface area contributed by atoms with Gasteiger partial charge in [0.25, 0.3) is 11.8 Å². The number of thiocarbonyl (C=S) groups is 1. The Bertz CT molecular complexity index is 1480. The van der Waals surface area contributed by atoms with Gasteiger partial charge in [0.15, 0.2) is 16.6 Å². The molecule has 1 saturated heterocycles. The molecule has 0 atom stereocenters. The molecule has 0 saturated carbocycles. The van der Waals surface area contributed by atoms with E-state index < -0.39 is 11.8 Å². The third kappa shape index (κ3) is 6.00. The maximum Gasteiger partial charge on any atom is 0.270 e. The molecule has 1 N–H and O–H groups in total. The molecule has 6 nitrogen and oxygen atoms in total. The second-order valence-electron chi connectivity index (χ2n) is 7.60. The first-order valence-electron chi connectivity index (χ1n) is 10.4. The highest BCUT2D eigenvalue weighted by atomic mass is 127. The van der Waals surface area contributed by atoms with Gasteiger partial charge in [-0.2, -0.15) is 0 Å². The number of hydrogen-bond donors (Lipinski definition) is 1. The molecular weight excluding hydrogens is 693 g/mol. The predicted octanol–water partition coefficient (Wildman–Crippen LogP) is 7.32. The smallest absolute Gasteiger partial charge is 0.270 e. The molecule has 3 aromatic rings.